The average Bonchev–Trinajstić information content (AvgIpc) is 2.79. The van der Waals surface area contributed by atoms with Gasteiger partial charge in [-0.15, -0.1) is 0 Å². The Morgan fingerprint density at radius 1 is 0.536 bits per heavy atom. The lowest BCUT2D eigenvalue weighted by Crippen LogP contribution is -2.34. The molecule has 7 heteroatoms. The minimum Gasteiger partial charge on any atom is -0.356 e. The van der Waals surface area contributed by atoms with E-state index in [-0.39, 0.29) is 0 Å². The molecule has 0 aromatic carbocycles. The molecule has 3 aliphatic heterocycles. The third kappa shape index (κ3) is 3.59. The summed E-state index contributed by atoms with van der Waals surface area (Å²) in [5, 5.41) is 1.00. The minimum atomic E-state index is 0.812. The Morgan fingerprint density at radius 3 is 1.64 bits per heavy atom. The van der Waals surface area contributed by atoms with Gasteiger partial charge in [0.1, 0.15) is 5.82 Å². The molecule has 3 saturated heterocycles. The zero-order valence-electron chi connectivity index (χ0n) is 16.8. The van der Waals surface area contributed by atoms with Gasteiger partial charge in [0.05, 0.1) is 5.39 Å². The molecule has 0 N–H and O–H groups in total. The van der Waals surface area contributed by atoms with Gasteiger partial charge in [-0.25, -0.2) is 4.98 Å². The number of hydrogen-bond acceptors (Lipinski definition) is 7. The molecule has 3 fully saturated rings. The van der Waals surface area contributed by atoms with Gasteiger partial charge in [-0.05, 0) is 57.8 Å². The summed E-state index contributed by atoms with van der Waals surface area (Å²) < 4.78 is 0. The Labute approximate surface area is 167 Å². The van der Waals surface area contributed by atoms with Crippen molar-refractivity contribution < 1.29 is 0 Å². The predicted octanol–water partition coefficient (Wildman–Crippen LogP) is 3.39. The summed E-state index contributed by atoms with van der Waals surface area (Å²) in [4.78, 5) is 26.7. The summed E-state index contributed by atoms with van der Waals surface area (Å²) >= 11 is 0. The molecule has 0 bridgehead atoms. The molecule has 5 heterocycles. The number of nitrogens with zero attached hydrogens (tertiary/aromatic N) is 7. The monoisotopic (exact) mass is 381 g/mol. The molecule has 7 nitrogen and oxygen atoms in total. The summed E-state index contributed by atoms with van der Waals surface area (Å²) in [6, 6.07) is 0. The Bertz CT molecular complexity index is 801. The highest BCUT2D eigenvalue weighted by Crippen LogP contribution is 2.30. The van der Waals surface area contributed by atoms with Crippen molar-refractivity contribution in [3.8, 4) is 0 Å². The number of piperidine rings is 3. The van der Waals surface area contributed by atoms with E-state index in [1.165, 1.54) is 57.8 Å². The lowest BCUT2D eigenvalue weighted by Gasteiger charge is -2.31. The number of aromatic nitrogens is 4. The molecule has 0 atom stereocenters. The fraction of sp³-hybridized carbons (Fsp3) is 0.714. The Morgan fingerprint density at radius 2 is 1.04 bits per heavy atom. The molecule has 0 aliphatic carbocycles. The Hall–Kier alpha value is -2.18. The predicted molar refractivity (Wildman–Crippen MR) is 113 cm³/mol. The molecule has 5 rings (SSSR count). The van der Waals surface area contributed by atoms with Crippen molar-refractivity contribution in [1.29, 1.82) is 0 Å². The molecule has 2 aromatic rings. The van der Waals surface area contributed by atoms with Crippen molar-refractivity contribution in [2.75, 3.05) is 54.0 Å². The van der Waals surface area contributed by atoms with Crippen LogP contribution in [0.1, 0.15) is 57.8 Å². The van der Waals surface area contributed by atoms with Crippen molar-refractivity contribution in [3.05, 3.63) is 6.20 Å². The van der Waals surface area contributed by atoms with E-state index >= 15 is 0 Å². The number of fused-ring (bicyclic) bond motifs is 1. The maximum absolute atomic E-state index is 5.04. The number of anilines is 3. The first-order valence-electron chi connectivity index (χ1n) is 11.2. The maximum Gasteiger partial charge on any atom is 0.229 e. The average molecular weight is 382 g/mol. The van der Waals surface area contributed by atoms with Gasteiger partial charge < -0.3 is 14.7 Å². The van der Waals surface area contributed by atoms with E-state index < -0.39 is 0 Å². The van der Waals surface area contributed by atoms with Crippen LogP contribution in [0.15, 0.2) is 6.20 Å². The molecule has 3 aliphatic rings. The van der Waals surface area contributed by atoms with E-state index in [9.17, 15) is 0 Å². The second-order valence-corrected chi connectivity index (χ2v) is 8.40. The summed E-state index contributed by atoms with van der Waals surface area (Å²) in [7, 11) is 0. The van der Waals surface area contributed by atoms with Crippen LogP contribution in [0.2, 0.25) is 0 Å². The van der Waals surface area contributed by atoms with Crippen LogP contribution in [0.25, 0.3) is 11.0 Å². The van der Waals surface area contributed by atoms with Gasteiger partial charge in [0.2, 0.25) is 11.9 Å². The molecule has 28 heavy (non-hydrogen) atoms. The second kappa shape index (κ2) is 8.05. The highest BCUT2D eigenvalue weighted by molar-refractivity contribution is 5.88. The first-order valence-corrected chi connectivity index (χ1v) is 11.2. The Balaban J connectivity index is 1.56. The van der Waals surface area contributed by atoms with Crippen molar-refractivity contribution in [2.45, 2.75) is 57.8 Å². The van der Waals surface area contributed by atoms with E-state index in [1.54, 1.807) is 0 Å². The minimum absolute atomic E-state index is 0.812. The van der Waals surface area contributed by atoms with Gasteiger partial charge in [-0.2, -0.15) is 15.0 Å². The smallest absolute Gasteiger partial charge is 0.229 e. The third-order valence-corrected chi connectivity index (χ3v) is 6.34. The molecule has 0 saturated carbocycles. The van der Waals surface area contributed by atoms with Crippen LogP contribution in [0.3, 0.4) is 0 Å². The van der Waals surface area contributed by atoms with Crippen molar-refractivity contribution in [3.63, 3.8) is 0 Å². The fourth-order valence-corrected chi connectivity index (χ4v) is 4.71. The van der Waals surface area contributed by atoms with Gasteiger partial charge in [0, 0.05) is 45.5 Å². The van der Waals surface area contributed by atoms with Crippen LogP contribution in [0.4, 0.5) is 17.7 Å². The highest BCUT2D eigenvalue weighted by Gasteiger charge is 2.23. The maximum atomic E-state index is 5.04. The van der Waals surface area contributed by atoms with E-state index in [0.29, 0.717) is 0 Å². The molecule has 0 amide bonds. The first-order chi connectivity index (χ1) is 13.9. The van der Waals surface area contributed by atoms with Crippen molar-refractivity contribution in [1.82, 2.24) is 19.9 Å². The fourth-order valence-electron chi connectivity index (χ4n) is 4.71. The van der Waals surface area contributed by atoms with Crippen LogP contribution in [-0.2, 0) is 0 Å². The zero-order chi connectivity index (χ0) is 18.8. The standard InChI is InChI=1S/C21H31N7/c1-4-10-26(11-5-1)19-17-16-22-20(27-12-6-2-7-13-27)23-18(17)24-21(25-19)28-14-8-3-9-15-28/h16H,1-15H2. The lowest BCUT2D eigenvalue weighted by atomic mass is 10.1. The number of hydrogen-bond donors (Lipinski definition) is 0. The van der Waals surface area contributed by atoms with E-state index in [4.69, 9.17) is 19.9 Å². The third-order valence-electron chi connectivity index (χ3n) is 6.34. The molecular weight excluding hydrogens is 350 g/mol. The van der Waals surface area contributed by atoms with Gasteiger partial charge in [-0.1, -0.05) is 0 Å². The van der Waals surface area contributed by atoms with Crippen molar-refractivity contribution in [2.24, 2.45) is 0 Å². The number of rotatable bonds is 3. The first kappa shape index (κ1) is 17.9. The van der Waals surface area contributed by atoms with Crippen LogP contribution in [-0.4, -0.2) is 59.2 Å². The van der Waals surface area contributed by atoms with E-state index in [1.807, 2.05) is 6.20 Å². The van der Waals surface area contributed by atoms with E-state index in [2.05, 4.69) is 14.7 Å². The summed E-state index contributed by atoms with van der Waals surface area (Å²) in [5.74, 6) is 2.73. The second-order valence-electron chi connectivity index (χ2n) is 8.40. The van der Waals surface area contributed by atoms with E-state index in [0.717, 1.165) is 68.0 Å². The SMILES string of the molecule is c1nc(N2CCCCC2)nc2nc(N3CCCCC3)nc(N3CCCCC3)c12. The molecular formula is C21H31N7. The molecule has 0 spiro atoms. The Kier molecular flexibility index (Phi) is 5.14. The molecule has 2 aromatic heterocycles. The normalized spacial score (nSPS) is 21.4. The van der Waals surface area contributed by atoms with Gasteiger partial charge in [-0.3, -0.25) is 0 Å². The van der Waals surface area contributed by atoms with Gasteiger partial charge >= 0.3 is 0 Å². The van der Waals surface area contributed by atoms with Crippen LogP contribution in [0, 0.1) is 0 Å². The summed E-state index contributed by atoms with van der Waals surface area (Å²) in [6.45, 7) is 6.34. The molecule has 0 radical (unpaired) electrons. The quantitative estimate of drug-likeness (QED) is 0.807. The topological polar surface area (TPSA) is 61.3 Å². The molecule has 150 valence electrons. The van der Waals surface area contributed by atoms with Gasteiger partial charge in [0.15, 0.2) is 5.65 Å². The zero-order valence-corrected chi connectivity index (χ0v) is 16.8. The van der Waals surface area contributed by atoms with Gasteiger partial charge in [0.25, 0.3) is 0 Å². The van der Waals surface area contributed by atoms with Crippen LogP contribution < -0.4 is 14.7 Å². The highest BCUT2D eigenvalue weighted by atomic mass is 15.3. The summed E-state index contributed by atoms with van der Waals surface area (Å²) in [5.41, 5.74) is 0.812. The van der Waals surface area contributed by atoms with Crippen molar-refractivity contribution >= 4 is 28.7 Å². The largest absolute Gasteiger partial charge is 0.356 e. The molecule has 0 unspecified atom stereocenters. The van der Waals surface area contributed by atoms with Crippen LogP contribution in [0.5, 0.6) is 0 Å². The lowest BCUT2D eigenvalue weighted by molar-refractivity contribution is 0.561. The summed E-state index contributed by atoms with van der Waals surface area (Å²) in [6.07, 6.45) is 13.3. The van der Waals surface area contributed by atoms with Crippen LogP contribution >= 0.6 is 0 Å².